The minimum atomic E-state index is -3.85. The molecule has 0 aromatic heterocycles. The van der Waals surface area contributed by atoms with Crippen molar-refractivity contribution in [3.8, 4) is 0 Å². The Hall–Kier alpha value is -1.74. The van der Waals surface area contributed by atoms with Crippen molar-refractivity contribution >= 4 is 20.2 Å². The number of fused-ring (bicyclic) bond motifs is 2. The molecular formula is C23H28O6S2. The number of hydrogen-bond donors (Lipinski definition) is 0. The fourth-order valence-electron chi connectivity index (χ4n) is 4.93. The van der Waals surface area contributed by atoms with Crippen molar-refractivity contribution in [3.63, 3.8) is 0 Å². The van der Waals surface area contributed by atoms with Crippen molar-refractivity contribution in [1.29, 1.82) is 0 Å². The van der Waals surface area contributed by atoms with E-state index in [1.807, 2.05) is 13.8 Å². The molecule has 2 fully saturated rings. The average Bonchev–Trinajstić information content (AvgIpc) is 3.33. The van der Waals surface area contributed by atoms with Crippen molar-refractivity contribution in [3.05, 3.63) is 59.7 Å². The summed E-state index contributed by atoms with van der Waals surface area (Å²) in [5.74, 6) is 0.613. The first-order valence-corrected chi connectivity index (χ1v) is 13.4. The molecule has 2 aromatic rings. The van der Waals surface area contributed by atoms with E-state index in [1.54, 1.807) is 48.5 Å². The van der Waals surface area contributed by atoms with E-state index in [2.05, 4.69) is 0 Å². The molecule has 2 aliphatic carbocycles. The lowest BCUT2D eigenvalue weighted by Gasteiger charge is -2.30. The Morgan fingerprint density at radius 2 is 1.03 bits per heavy atom. The summed E-state index contributed by atoms with van der Waals surface area (Å²) in [6.07, 6.45) is 3.01. The van der Waals surface area contributed by atoms with Gasteiger partial charge in [-0.3, -0.25) is 8.37 Å². The molecule has 4 rings (SSSR count). The second kappa shape index (κ2) is 8.65. The zero-order chi connectivity index (χ0) is 22.2. The molecule has 0 heterocycles. The van der Waals surface area contributed by atoms with E-state index >= 15 is 0 Å². The lowest BCUT2D eigenvalue weighted by Crippen LogP contribution is -2.31. The molecule has 2 aromatic carbocycles. The van der Waals surface area contributed by atoms with Gasteiger partial charge >= 0.3 is 0 Å². The first kappa shape index (κ1) is 22.5. The van der Waals surface area contributed by atoms with E-state index in [4.69, 9.17) is 8.37 Å². The third kappa shape index (κ3) is 4.87. The molecule has 0 saturated heterocycles. The van der Waals surface area contributed by atoms with Crippen molar-refractivity contribution in [2.75, 3.05) is 13.2 Å². The smallest absolute Gasteiger partial charge is 0.266 e. The predicted molar refractivity (Wildman–Crippen MR) is 116 cm³/mol. The van der Waals surface area contributed by atoms with Crippen LogP contribution in [0.5, 0.6) is 0 Å². The molecule has 4 unspecified atom stereocenters. The largest absolute Gasteiger partial charge is 0.296 e. The molecule has 0 aliphatic heterocycles. The fraction of sp³-hybridized carbons (Fsp3) is 0.478. The maximum atomic E-state index is 12.6. The van der Waals surface area contributed by atoms with Crippen LogP contribution in [0, 0.1) is 37.5 Å². The van der Waals surface area contributed by atoms with Gasteiger partial charge in [-0.05, 0) is 81.0 Å². The molecular weight excluding hydrogens is 436 g/mol. The maximum Gasteiger partial charge on any atom is 0.296 e. The van der Waals surface area contributed by atoms with E-state index in [0.717, 1.165) is 30.4 Å². The van der Waals surface area contributed by atoms with Crippen molar-refractivity contribution in [2.45, 2.75) is 42.9 Å². The van der Waals surface area contributed by atoms with Crippen LogP contribution in [0.3, 0.4) is 0 Å². The predicted octanol–water partition coefficient (Wildman–Crippen LogP) is 4.08. The standard InChI is InChI=1S/C23H28O6S2/c1-16-3-9-20(10-4-16)30(24,25)28-14-22-18-7-8-19(13-18)23(22)15-29-31(26,27)21-11-5-17(2)6-12-21/h3-6,9-12,18-19,22-23H,7-8,13-15H2,1-2H3. The summed E-state index contributed by atoms with van der Waals surface area (Å²) in [7, 11) is -7.71. The summed E-state index contributed by atoms with van der Waals surface area (Å²) >= 11 is 0. The van der Waals surface area contributed by atoms with Crippen LogP contribution in [0.15, 0.2) is 58.3 Å². The highest BCUT2D eigenvalue weighted by atomic mass is 32.2. The molecule has 2 bridgehead atoms. The van der Waals surface area contributed by atoms with E-state index in [9.17, 15) is 16.8 Å². The Bertz CT molecular complexity index is 1030. The summed E-state index contributed by atoms with van der Waals surface area (Å²) in [6.45, 7) is 3.88. The number of benzene rings is 2. The molecule has 0 radical (unpaired) electrons. The first-order chi connectivity index (χ1) is 14.7. The van der Waals surface area contributed by atoms with Crippen LogP contribution < -0.4 is 0 Å². The van der Waals surface area contributed by atoms with Gasteiger partial charge in [-0.15, -0.1) is 0 Å². The minimum Gasteiger partial charge on any atom is -0.266 e. The zero-order valence-corrected chi connectivity index (χ0v) is 19.4. The van der Waals surface area contributed by atoms with Crippen LogP contribution in [0.25, 0.3) is 0 Å². The van der Waals surface area contributed by atoms with Gasteiger partial charge in [0.25, 0.3) is 20.2 Å². The second-order valence-corrected chi connectivity index (χ2v) is 12.0. The summed E-state index contributed by atoms with van der Waals surface area (Å²) in [5.41, 5.74) is 1.94. The Kier molecular flexibility index (Phi) is 6.27. The quantitative estimate of drug-likeness (QED) is 0.547. The van der Waals surface area contributed by atoms with Crippen LogP contribution in [0.4, 0.5) is 0 Å². The topological polar surface area (TPSA) is 86.7 Å². The van der Waals surface area contributed by atoms with Gasteiger partial charge in [-0.25, -0.2) is 0 Å². The first-order valence-electron chi connectivity index (χ1n) is 10.6. The highest BCUT2D eigenvalue weighted by Gasteiger charge is 2.48. The fourth-order valence-corrected chi connectivity index (χ4v) is 6.81. The van der Waals surface area contributed by atoms with Crippen LogP contribution >= 0.6 is 0 Å². The highest BCUT2D eigenvalue weighted by molar-refractivity contribution is 7.87. The monoisotopic (exact) mass is 464 g/mol. The van der Waals surface area contributed by atoms with E-state index < -0.39 is 20.2 Å². The van der Waals surface area contributed by atoms with Crippen LogP contribution in [0.2, 0.25) is 0 Å². The van der Waals surface area contributed by atoms with Crippen LogP contribution in [-0.2, 0) is 28.6 Å². The summed E-state index contributed by atoms with van der Waals surface area (Å²) in [4.78, 5) is 0.270. The zero-order valence-electron chi connectivity index (χ0n) is 17.7. The van der Waals surface area contributed by atoms with Crippen LogP contribution in [-0.4, -0.2) is 30.0 Å². The molecule has 0 amide bonds. The molecule has 6 nitrogen and oxygen atoms in total. The lowest BCUT2D eigenvalue weighted by molar-refractivity contribution is 0.101. The van der Waals surface area contributed by atoms with Gasteiger partial charge in [-0.2, -0.15) is 16.8 Å². The van der Waals surface area contributed by atoms with Gasteiger partial charge < -0.3 is 0 Å². The number of hydrogen-bond acceptors (Lipinski definition) is 6. The van der Waals surface area contributed by atoms with Crippen LogP contribution in [0.1, 0.15) is 30.4 Å². The summed E-state index contributed by atoms with van der Waals surface area (Å²) in [5, 5.41) is 0. The summed E-state index contributed by atoms with van der Waals surface area (Å²) < 4.78 is 61.2. The molecule has 4 atom stereocenters. The third-order valence-corrected chi connectivity index (χ3v) is 9.32. The van der Waals surface area contributed by atoms with E-state index in [0.29, 0.717) is 11.8 Å². The molecule has 168 valence electrons. The lowest BCUT2D eigenvalue weighted by atomic mass is 9.80. The third-order valence-electron chi connectivity index (χ3n) is 6.73. The highest BCUT2D eigenvalue weighted by Crippen LogP contribution is 2.52. The van der Waals surface area contributed by atoms with E-state index in [-0.39, 0.29) is 34.8 Å². The molecule has 0 spiro atoms. The summed E-state index contributed by atoms with van der Waals surface area (Å²) in [6, 6.07) is 13.1. The van der Waals surface area contributed by atoms with E-state index in [1.165, 1.54) is 0 Å². The molecule has 2 saturated carbocycles. The van der Waals surface area contributed by atoms with Crippen molar-refractivity contribution in [2.24, 2.45) is 23.7 Å². The average molecular weight is 465 g/mol. The maximum absolute atomic E-state index is 12.6. The van der Waals surface area contributed by atoms with Gasteiger partial charge in [0, 0.05) is 0 Å². The molecule has 31 heavy (non-hydrogen) atoms. The molecule has 8 heteroatoms. The molecule has 0 N–H and O–H groups in total. The van der Waals surface area contributed by atoms with Gasteiger partial charge in [-0.1, -0.05) is 35.4 Å². The van der Waals surface area contributed by atoms with Gasteiger partial charge in [0.15, 0.2) is 0 Å². The number of aryl methyl sites for hydroxylation is 2. The normalized spacial score (nSPS) is 25.7. The molecule has 2 aliphatic rings. The Morgan fingerprint density at radius 3 is 1.39 bits per heavy atom. The SMILES string of the molecule is Cc1ccc(S(=O)(=O)OCC2C3CCC(C3)C2COS(=O)(=O)c2ccc(C)cc2)cc1. The van der Waals surface area contributed by atoms with Gasteiger partial charge in [0.05, 0.1) is 23.0 Å². The minimum absolute atomic E-state index is 0.0350. The van der Waals surface area contributed by atoms with Crippen molar-refractivity contribution in [1.82, 2.24) is 0 Å². The number of rotatable bonds is 8. The Labute approximate surface area is 184 Å². The Balaban J connectivity index is 1.43. The van der Waals surface area contributed by atoms with Crippen molar-refractivity contribution < 1.29 is 25.2 Å². The Morgan fingerprint density at radius 1 is 0.677 bits per heavy atom. The van der Waals surface area contributed by atoms with Gasteiger partial charge in [0.1, 0.15) is 0 Å². The van der Waals surface area contributed by atoms with Gasteiger partial charge in [0.2, 0.25) is 0 Å². The second-order valence-electron chi connectivity index (χ2n) is 8.76.